The molecule has 3 nitrogen and oxygen atoms in total. The molecular formula is C12H18BrN3. The molecule has 1 aromatic rings. The van der Waals surface area contributed by atoms with E-state index >= 15 is 0 Å². The first-order chi connectivity index (χ1) is 7.66. The predicted molar refractivity (Wildman–Crippen MR) is 70.5 cm³/mol. The van der Waals surface area contributed by atoms with Gasteiger partial charge in [0, 0.05) is 18.8 Å². The van der Waals surface area contributed by atoms with Crippen LogP contribution < -0.4 is 11.1 Å². The van der Waals surface area contributed by atoms with Crippen LogP contribution in [0.2, 0.25) is 0 Å². The van der Waals surface area contributed by atoms with Crippen LogP contribution in [0.5, 0.6) is 0 Å². The van der Waals surface area contributed by atoms with Gasteiger partial charge in [-0.05, 0) is 53.2 Å². The molecule has 0 radical (unpaired) electrons. The Morgan fingerprint density at radius 3 is 3.00 bits per heavy atom. The fraction of sp³-hybridized carbons (Fsp3) is 0.583. The molecule has 1 heterocycles. The SMILES string of the molecule is Cc1cnc(NCC2CCCC2N)c(Br)c1. The monoisotopic (exact) mass is 283 g/mol. The van der Waals surface area contributed by atoms with Crippen molar-refractivity contribution in [3.63, 3.8) is 0 Å². The van der Waals surface area contributed by atoms with Crippen molar-refractivity contribution in [2.75, 3.05) is 11.9 Å². The minimum absolute atomic E-state index is 0.358. The summed E-state index contributed by atoms with van der Waals surface area (Å²) < 4.78 is 1.03. The van der Waals surface area contributed by atoms with Crippen molar-refractivity contribution in [2.24, 2.45) is 11.7 Å². The number of nitrogens with zero attached hydrogens (tertiary/aromatic N) is 1. The summed E-state index contributed by atoms with van der Waals surface area (Å²) in [5.74, 6) is 1.51. The third-order valence-electron chi connectivity index (χ3n) is 3.23. The predicted octanol–water partition coefficient (Wildman–Crippen LogP) is 2.69. The maximum absolute atomic E-state index is 6.03. The van der Waals surface area contributed by atoms with Gasteiger partial charge < -0.3 is 11.1 Å². The summed E-state index contributed by atoms with van der Waals surface area (Å²) in [7, 11) is 0. The zero-order valence-electron chi connectivity index (χ0n) is 9.54. The standard InChI is InChI=1S/C12H18BrN3/c1-8-5-10(13)12(15-6-8)16-7-9-3-2-4-11(9)14/h5-6,9,11H,2-4,7,14H2,1H3,(H,15,16). The van der Waals surface area contributed by atoms with Gasteiger partial charge in [0.2, 0.25) is 0 Å². The lowest BCUT2D eigenvalue weighted by molar-refractivity contribution is 0.504. The molecule has 1 fully saturated rings. The number of hydrogen-bond acceptors (Lipinski definition) is 3. The van der Waals surface area contributed by atoms with E-state index in [2.05, 4.69) is 32.3 Å². The second-order valence-electron chi connectivity index (χ2n) is 4.58. The number of aryl methyl sites for hydroxylation is 1. The van der Waals surface area contributed by atoms with Gasteiger partial charge in [0.1, 0.15) is 5.82 Å². The minimum atomic E-state index is 0.358. The molecule has 0 aromatic carbocycles. The van der Waals surface area contributed by atoms with Crippen molar-refractivity contribution in [1.82, 2.24) is 4.98 Å². The van der Waals surface area contributed by atoms with Crippen molar-refractivity contribution in [3.8, 4) is 0 Å². The number of halogens is 1. The Labute approximate surface area is 105 Å². The van der Waals surface area contributed by atoms with Crippen molar-refractivity contribution in [1.29, 1.82) is 0 Å². The minimum Gasteiger partial charge on any atom is -0.369 e. The van der Waals surface area contributed by atoms with E-state index in [-0.39, 0.29) is 0 Å². The Morgan fingerprint density at radius 2 is 2.38 bits per heavy atom. The summed E-state index contributed by atoms with van der Waals surface area (Å²) in [4.78, 5) is 4.37. The van der Waals surface area contributed by atoms with E-state index in [4.69, 9.17) is 5.73 Å². The molecule has 2 unspecified atom stereocenters. The summed E-state index contributed by atoms with van der Waals surface area (Å²) in [5, 5.41) is 3.37. The number of rotatable bonds is 3. The van der Waals surface area contributed by atoms with Crippen LogP contribution in [0.15, 0.2) is 16.7 Å². The second-order valence-corrected chi connectivity index (χ2v) is 5.43. The molecule has 0 aliphatic heterocycles. The van der Waals surface area contributed by atoms with Crippen LogP contribution in [-0.2, 0) is 0 Å². The van der Waals surface area contributed by atoms with E-state index in [0.29, 0.717) is 12.0 Å². The first-order valence-electron chi connectivity index (χ1n) is 5.78. The van der Waals surface area contributed by atoms with Gasteiger partial charge in [0.25, 0.3) is 0 Å². The highest BCUT2D eigenvalue weighted by atomic mass is 79.9. The maximum atomic E-state index is 6.03. The molecule has 1 saturated carbocycles. The van der Waals surface area contributed by atoms with E-state index in [1.807, 2.05) is 13.1 Å². The molecule has 2 rings (SSSR count). The van der Waals surface area contributed by atoms with Gasteiger partial charge in [-0.1, -0.05) is 6.42 Å². The molecule has 88 valence electrons. The van der Waals surface area contributed by atoms with Crippen LogP contribution in [0.1, 0.15) is 24.8 Å². The Kier molecular flexibility index (Phi) is 3.82. The van der Waals surface area contributed by atoms with Crippen LogP contribution in [0, 0.1) is 12.8 Å². The number of nitrogens with two attached hydrogens (primary N) is 1. The van der Waals surface area contributed by atoms with Gasteiger partial charge in [-0.15, -0.1) is 0 Å². The van der Waals surface area contributed by atoms with Gasteiger partial charge in [-0.25, -0.2) is 4.98 Å². The summed E-state index contributed by atoms with van der Waals surface area (Å²) in [6, 6.07) is 2.43. The molecule has 1 aliphatic rings. The lowest BCUT2D eigenvalue weighted by atomic mass is 10.1. The van der Waals surface area contributed by atoms with Crippen molar-refractivity contribution in [3.05, 3.63) is 22.3 Å². The third-order valence-corrected chi connectivity index (χ3v) is 3.83. The van der Waals surface area contributed by atoms with Crippen LogP contribution in [0.3, 0.4) is 0 Å². The molecule has 0 bridgehead atoms. The quantitative estimate of drug-likeness (QED) is 0.897. The fourth-order valence-corrected chi connectivity index (χ4v) is 2.81. The number of pyridine rings is 1. The van der Waals surface area contributed by atoms with Gasteiger partial charge in [0.05, 0.1) is 4.47 Å². The molecule has 0 spiro atoms. The van der Waals surface area contributed by atoms with Crippen LogP contribution in [0.25, 0.3) is 0 Å². The fourth-order valence-electron chi connectivity index (χ4n) is 2.21. The Hall–Kier alpha value is -0.610. The Morgan fingerprint density at radius 1 is 1.56 bits per heavy atom. The van der Waals surface area contributed by atoms with Gasteiger partial charge >= 0.3 is 0 Å². The zero-order valence-corrected chi connectivity index (χ0v) is 11.1. The van der Waals surface area contributed by atoms with E-state index < -0.39 is 0 Å². The van der Waals surface area contributed by atoms with E-state index in [1.54, 1.807) is 0 Å². The Balaban J connectivity index is 1.94. The largest absolute Gasteiger partial charge is 0.369 e. The van der Waals surface area contributed by atoms with Crippen molar-refractivity contribution in [2.45, 2.75) is 32.2 Å². The van der Waals surface area contributed by atoms with E-state index in [9.17, 15) is 0 Å². The first-order valence-corrected chi connectivity index (χ1v) is 6.57. The summed E-state index contributed by atoms with van der Waals surface area (Å²) in [6.07, 6.45) is 5.53. The average Bonchev–Trinajstić information content (AvgIpc) is 2.63. The molecule has 4 heteroatoms. The Bertz CT molecular complexity index is 367. The zero-order chi connectivity index (χ0) is 11.5. The summed E-state index contributed by atoms with van der Waals surface area (Å²) >= 11 is 3.52. The lowest BCUT2D eigenvalue weighted by Gasteiger charge is -2.16. The van der Waals surface area contributed by atoms with E-state index in [1.165, 1.54) is 12.8 Å². The molecule has 1 aliphatic carbocycles. The third kappa shape index (κ3) is 2.74. The van der Waals surface area contributed by atoms with Crippen LogP contribution in [0.4, 0.5) is 5.82 Å². The highest BCUT2D eigenvalue weighted by Crippen LogP contribution is 2.26. The smallest absolute Gasteiger partial charge is 0.140 e. The highest BCUT2D eigenvalue weighted by molar-refractivity contribution is 9.10. The first kappa shape index (κ1) is 11.9. The second kappa shape index (κ2) is 5.15. The molecule has 3 N–H and O–H groups in total. The van der Waals surface area contributed by atoms with Gasteiger partial charge in [-0.2, -0.15) is 0 Å². The van der Waals surface area contributed by atoms with E-state index in [0.717, 1.165) is 28.8 Å². The van der Waals surface area contributed by atoms with Gasteiger partial charge in [0.15, 0.2) is 0 Å². The van der Waals surface area contributed by atoms with Crippen molar-refractivity contribution >= 4 is 21.7 Å². The normalized spacial score (nSPS) is 24.7. The van der Waals surface area contributed by atoms with Gasteiger partial charge in [-0.3, -0.25) is 0 Å². The summed E-state index contributed by atoms with van der Waals surface area (Å²) in [6.45, 7) is 2.96. The topological polar surface area (TPSA) is 50.9 Å². The molecule has 1 aromatic heterocycles. The molecule has 0 saturated heterocycles. The summed E-state index contributed by atoms with van der Waals surface area (Å²) in [5.41, 5.74) is 7.20. The van der Waals surface area contributed by atoms with Crippen molar-refractivity contribution < 1.29 is 0 Å². The molecule has 2 atom stereocenters. The molecular weight excluding hydrogens is 266 g/mol. The molecule has 0 amide bonds. The highest BCUT2D eigenvalue weighted by Gasteiger charge is 2.23. The van der Waals surface area contributed by atoms with Crippen LogP contribution in [-0.4, -0.2) is 17.6 Å². The average molecular weight is 284 g/mol. The number of nitrogens with one attached hydrogen (secondary N) is 1. The van der Waals surface area contributed by atoms with Crippen LogP contribution >= 0.6 is 15.9 Å². The number of hydrogen-bond donors (Lipinski definition) is 2. The lowest BCUT2D eigenvalue weighted by Crippen LogP contribution is -2.29. The number of aromatic nitrogens is 1. The number of anilines is 1. The maximum Gasteiger partial charge on any atom is 0.140 e. The molecule has 16 heavy (non-hydrogen) atoms.